The summed E-state index contributed by atoms with van der Waals surface area (Å²) in [7, 11) is 0. The van der Waals surface area contributed by atoms with Gasteiger partial charge in [0.05, 0.1) is 6.04 Å². The van der Waals surface area contributed by atoms with E-state index in [2.05, 4.69) is 67.5 Å². The van der Waals surface area contributed by atoms with Gasteiger partial charge in [-0.25, -0.2) is 0 Å². The fourth-order valence-electron chi connectivity index (χ4n) is 2.53. The van der Waals surface area contributed by atoms with Gasteiger partial charge in [0, 0.05) is 12.4 Å². The van der Waals surface area contributed by atoms with E-state index in [4.69, 9.17) is 0 Å². The molecule has 0 bridgehead atoms. The lowest BCUT2D eigenvalue weighted by Crippen LogP contribution is -2.23. The first-order chi connectivity index (χ1) is 10.3. The quantitative estimate of drug-likeness (QED) is 0.797. The fourth-order valence-corrected chi connectivity index (χ4v) is 2.53. The first-order valence-electron chi connectivity index (χ1n) is 7.99. The monoisotopic (exact) mass is 282 g/mol. The van der Waals surface area contributed by atoms with Crippen LogP contribution in [0.1, 0.15) is 62.3 Å². The first kappa shape index (κ1) is 15.7. The smallest absolute Gasteiger partial charge is 0.0577 e. The number of nitrogens with one attached hydrogen (secondary N) is 1. The summed E-state index contributed by atoms with van der Waals surface area (Å²) in [5.74, 6) is 0.627. The predicted octanol–water partition coefficient (Wildman–Crippen LogP) is 4.68. The Hall–Kier alpha value is -1.67. The molecule has 2 atom stereocenters. The number of pyridine rings is 1. The molecule has 2 unspecified atom stereocenters. The van der Waals surface area contributed by atoms with Crippen molar-refractivity contribution in [1.82, 2.24) is 10.3 Å². The van der Waals surface area contributed by atoms with Crippen LogP contribution in [-0.2, 0) is 0 Å². The molecule has 1 N–H and O–H groups in total. The molecule has 0 radical (unpaired) electrons. The average molecular weight is 282 g/mol. The molecule has 1 heterocycles. The van der Waals surface area contributed by atoms with Gasteiger partial charge in [0.1, 0.15) is 0 Å². The maximum Gasteiger partial charge on any atom is 0.0577 e. The molecule has 0 saturated heterocycles. The molecule has 21 heavy (non-hydrogen) atoms. The van der Waals surface area contributed by atoms with Crippen LogP contribution in [0.2, 0.25) is 0 Å². The van der Waals surface area contributed by atoms with E-state index in [0.717, 1.165) is 13.0 Å². The lowest BCUT2D eigenvalue weighted by atomic mass is 9.94. The Balaban J connectivity index is 2.24. The Kier molecular flexibility index (Phi) is 5.94. The highest BCUT2D eigenvalue weighted by atomic mass is 14.9. The van der Waals surface area contributed by atoms with Crippen LogP contribution in [0, 0.1) is 0 Å². The molecule has 0 spiro atoms. The van der Waals surface area contributed by atoms with Gasteiger partial charge in [0.15, 0.2) is 0 Å². The Labute approximate surface area is 128 Å². The van der Waals surface area contributed by atoms with Crippen LogP contribution < -0.4 is 5.32 Å². The lowest BCUT2D eigenvalue weighted by Gasteiger charge is -2.20. The molecular formula is C19H26N2. The molecule has 0 amide bonds. The normalized spacial score (nSPS) is 13.9. The standard InChI is InChI=1S/C19H26N2/c1-4-12-21-19(18-10-13-20-14-11-18)17-8-6-16(7-9-17)15(3)5-2/h6-11,13-15,19,21H,4-5,12H2,1-3H3. The van der Waals surface area contributed by atoms with Gasteiger partial charge < -0.3 is 5.32 Å². The van der Waals surface area contributed by atoms with Gasteiger partial charge in [-0.1, -0.05) is 45.0 Å². The second kappa shape index (κ2) is 7.94. The Morgan fingerprint density at radius 1 is 0.905 bits per heavy atom. The van der Waals surface area contributed by atoms with Gasteiger partial charge in [0.2, 0.25) is 0 Å². The van der Waals surface area contributed by atoms with Crippen LogP contribution in [0.3, 0.4) is 0 Å². The van der Waals surface area contributed by atoms with E-state index in [-0.39, 0.29) is 6.04 Å². The average Bonchev–Trinajstić information content (AvgIpc) is 2.56. The van der Waals surface area contributed by atoms with Crippen LogP contribution in [-0.4, -0.2) is 11.5 Å². The summed E-state index contributed by atoms with van der Waals surface area (Å²) in [5.41, 5.74) is 4.02. The van der Waals surface area contributed by atoms with Gasteiger partial charge in [0.25, 0.3) is 0 Å². The molecule has 2 nitrogen and oxygen atoms in total. The van der Waals surface area contributed by atoms with E-state index in [1.54, 1.807) is 0 Å². The zero-order chi connectivity index (χ0) is 15.1. The van der Waals surface area contributed by atoms with Gasteiger partial charge in [-0.2, -0.15) is 0 Å². The van der Waals surface area contributed by atoms with Crippen molar-refractivity contribution in [1.29, 1.82) is 0 Å². The zero-order valence-corrected chi connectivity index (χ0v) is 13.3. The van der Waals surface area contributed by atoms with E-state index in [1.807, 2.05) is 12.4 Å². The van der Waals surface area contributed by atoms with Crippen molar-refractivity contribution in [2.24, 2.45) is 0 Å². The summed E-state index contributed by atoms with van der Waals surface area (Å²) in [6.45, 7) is 7.73. The van der Waals surface area contributed by atoms with Crippen molar-refractivity contribution in [2.75, 3.05) is 6.54 Å². The third-order valence-corrected chi connectivity index (χ3v) is 4.09. The molecule has 112 valence electrons. The third kappa shape index (κ3) is 4.15. The highest BCUT2D eigenvalue weighted by molar-refractivity contribution is 5.33. The van der Waals surface area contributed by atoms with Crippen LogP contribution >= 0.6 is 0 Å². The first-order valence-corrected chi connectivity index (χ1v) is 7.99. The molecule has 0 aliphatic heterocycles. The molecule has 1 aromatic heterocycles. The summed E-state index contributed by atoms with van der Waals surface area (Å²) in [6, 6.07) is 13.5. The number of nitrogens with zero attached hydrogens (tertiary/aromatic N) is 1. The second-order valence-corrected chi connectivity index (χ2v) is 5.64. The molecule has 2 rings (SSSR count). The van der Waals surface area contributed by atoms with Crippen molar-refractivity contribution in [3.63, 3.8) is 0 Å². The van der Waals surface area contributed by atoms with Crippen molar-refractivity contribution >= 4 is 0 Å². The topological polar surface area (TPSA) is 24.9 Å². The minimum Gasteiger partial charge on any atom is -0.306 e. The molecular weight excluding hydrogens is 256 g/mol. The number of hydrogen-bond donors (Lipinski definition) is 1. The van der Waals surface area contributed by atoms with Crippen molar-refractivity contribution in [2.45, 2.75) is 45.6 Å². The molecule has 2 aromatic rings. The van der Waals surface area contributed by atoms with Gasteiger partial charge >= 0.3 is 0 Å². The highest BCUT2D eigenvalue weighted by Gasteiger charge is 2.13. The molecule has 1 aromatic carbocycles. The Bertz CT molecular complexity index is 519. The SMILES string of the molecule is CCCNC(c1ccncc1)c1ccc(C(C)CC)cc1. The number of aromatic nitrogens is 1. The highest BCUT2D eigenvalue weighted by Crippen LogP contribution is 2.25. The predicted molar refractivity (Wildman–Crippen MR) is 89.5 cm³/mol. The molecule has 0 aliphatic rings. The van der Waals surface area contributed by atoms with Gasteiger partial charge in [-0.05, 0) is 54.1 Å². The van der Waals surface area contributed by atoms with E-state index in [1.165, 1.54) is 23.1 Å². The maximum atomic E-state index is 4.12. The van der Waals surface area contributed by atoms with Crippen molar-refractivity contribution in [3.8, 4) is 0 Å². The van der Waals surface area contributed by atoms with Crippen molar-refractivity contribution in [3.05, 3.63) is 65.5 Å². The Morgan fingerprint density at radius 3 is 2.05 bits per heavy atom. The largest absolute Gasteiger partial charge is 0.306 e. The van der Waals surface area contributed by atoms with E-state index >= 15 is 0 Å². The summed E-state index contributed by atoms with van der Waals surface area (Å²) >= 11 is 0. The summed E-state index contributed by atoms with van der Waals surface area (Å²) in [5, 5.41) is 3.64. The van der Waals surface area contributed by atoms with Crippen LogP contribution in [0.25, 0.3) is 0 Å². The molecule has 0 aliphatic carbocycles. The van der Waals surface area contributed by atoms with E-state index in [9.17, 15) is 0 Å². The minimum absolute atomic E-state index is 0.249. The Morgan fingerprint density at radius 2 is 1.48 bits per heavy atom. The summed E-state index contributed by atoms with van der Waals surface area (Å²) in [6.07, 6.45) is 6.04. The van der Waals surface area contributed by atoms with Crippen LogP contribution in [0.4, 0.5) is 0 Å². The molecule has 2 heteroatoms. The zero-order valence-electron chi connectivity index (χ0n) is 13.3. The number of benzene rings is 1. The second-order valence-electron chi connectivity index (χ2n) is 5.64. The fraction of sp³-hybridized carbons (Fsp3) is 0.421. The van der Waals surface area contributed by atoms with E-state index in [0.29, 0.717) is 5.92 Å². The van der Waals surface area contributed by atoms with Crippen molar-refractivity contribution < 1.29 is 0 Å². The third-order valence-electron chi connectivity index (χ3n) is 4.09. The summed E-state index contributed by atoms with van der Waals surface area (Å²) in [4.78, 5) is 4.12. The number of hydrogen-bond acceptors (Lipinski definition) is 2. The van der Waals surface area contributed by atoms with E-state index < -0.39 is 0 Å². The van der Waals surface area contributed by atoms with Crippen LogP contribution in [0.15, 0.2) is 48.8 Å². The van der Waals surface area contributed by atoms with Gasteiger partial charge in [-0.15, -0.1) is 0 Å². The minimum atomic E-state index is 0.249. The maximum absolute atomic E-state index is 4.12. The van der Waals surface area contributed by atoms with Crippen LogP contribution in [0.5, 0.6) is 0 Å². The van der Waals surface area contributed by atoms with Gasteiger partial charge in [-0.3, -0.25) is 4.98 Å². The lowest BCUT2D eigenvalue weighted by molar-refractivity contribution is 0.597. The summed E-state index contributed by atoms with van der Waals surface area (Å²) < 4.78 is 0. The number of rotatable bonds is 7. The molecule has 0 fully saturated rings. The molecule has 0 saturated carbocycles.